The summed E-state index contributed by atoms with van der Waals surface area (Å²) < 4.78 is 10.9. The summed E-state index contributed by atoms with van der Waals surface area (Å²) in [5.41, 5.74) is 1.28. The van der Waals surface area contributed by atoms with E-state index in [0.717, 1.165) is 0 Å². The van der Waals surface area contributed by atoms with Crippen molar-refractivity contribution in [2.24, 2.45) is 0 Å². The van der Waals surface area contributed by atoms with Gasteiger partial charge in [-0.3, -0.25) is 4.79 Å². The quantitative estimate of drug-likeness (QED) is 0.524. The number of carbonyl (C=O) groups excluding carboxylic acids is 2. The van der Waals surface area contributed by atoms with E-state index in [4.69, 9.17) is 9.47 Å². The van der Waals surface area contributed by atoms with Crippen LogP contribution in [0, 0.1) is 0 Å². The molecule has 2 aromatic carbocycles. The molecule has 8 heteroatoms. The molecule has 158 valence electrons. The number of carbonyl (C=O) groups is 2. The maximum Gasteiger partial charge on any atom is 0.319 e. The summed E-state index contributed by atoms with van der Waals surface area (Å²) >= 11 is 0. The lowest BCUT2D eigenvalue weighted by Gasteiger charge is -2.31. The zero-order chi connectivity index (χ0) is 21.3. The maximum atomic E-state index is 12.3. The van der Waals surface area contributed by atoms with Crippen LogP contribution in [0.3, 0.4) is 0 Å². The minimum Gasteiger partial charge on any atom is -0.497 e. The van der Waals surface area contributed by atoms with Crippen LogP contribution in [0.25, 0.3) is 0 Å². The van der Waals surface area contributed by atoms with Crippen molar-refractivity contribution in [2.45, 2.75) is 24.7 Å². The number of methoxy groups -OCH3 is 1. The molecule has 0 unspecified atom stereocenters. The second-order valence-corrected chi connectivity index (χ2v) is 6.75. The van der Waals surface area contributed by atoms with Gasteiger partial charge in [0.2, 0.25) is 5.91 Å². The van der Waals surface area contributed by atoms with E-state index in [1.807, 2.05) is 18.2 Å². The summed E-state index contributed by atoms with van der Waals surface area (Å²) in [5.74, 6) is 0.424. The van der Waals surface area contributed by atoms with E-state index in [1.165, 1.54) is 0 Å². The van der Waals surface area contributed by atoms with Crippen LogP contribution in [0.15, 0.2) is 66.7 Å². The first kappa shape index (κ1) is 21.4. The first-order valence-corrected chi connectivity index (χ1v) is 9.58. The number of urea groups is 1. The molecule has 0 saturated carbocycles. The molecule has 3 rings (SSSR count). The van der Waals surface area contributed by atoms with Gasteiger partial charge in [0, 0.05) is 17.4 Å². The number of hydrogen-bond donors (Lipinski definition) is 4. The monoisotopic (exact) mass is 411 g/mol. The van der Waals surface area contributed by atoms with E-state index in [2.05, 4.69) is 16.0 Å². The fourth-order valence-corrected chi connectivity index (χ4v) is 3.07. The molecule has 2 aromatic rings. The van der Waals surface area contributed by atoms with Gasteiger partial charge >= 0.3 is 6.03 Å². The molecule has 0 spiro atoms. The van der Waals surface area contributed by atoms with Crippen molar-refractivity contribution in [3.05, 3.63) is 66.7 Å². The summed E-state index contributed by atoms with van der Waals surface area (Å²) in [6, 6.07) is 15.1. The molecule has 0 aliphatic carbocycles. The standard InChI is InChI=1S/C22H25N3O5/c1-29-17-9-5-8-16(12-17)24-22(28)25-19-11-10-18(30-20(19)14-26)13-21(27)23-15-6-3-2-4-7-15/h2-12,18-20,26H,13-14H2,1H3,(H,23,27)(H2,24,25,28)/t18-,19-,20+/m1/s1. The molecule has 3 amide bonds. The average molecular weight is 411 g/mol. The van der Waals surface area contributed by atoms with Crippen LogP contribution in [-0.2, 0) is 9.53 Å². The fourth-order valence-electron chi connectivity index (χ4n) is 3.07. The predicted octanol–water partition coefficient (Wildman–Crippen LogP) is 2.53. The molecule has 1 aliphatic heterocycles. The number of aliphatic hydroxyl groups is 1. The summed E-state index contributed by atoms with van der Waals surface area (Å²) in [4.78, 5) is 24.5. The Bertz CT molecular complexity index is 887. The number of aliphatic hydroxyl groups excluding tert-OH is 1. The average Bonchev–Trinajstić information content (AvgIpc) is 2.75. The normalized spacial score (nSPS) is 20.3. The Hall–Kier alpha value is -3.36. The third-order valence-corrected chi connectivity index (χ3v) is 4.53. The fraction of sp³-hybridized carbons (Fsp3) is 0.273. The Morgan fingerprint density at radius 2 is 1.80 bits per heavy atom. The number of rotatable bonds is 7. The van der Waals surface area contributed by atoms with Gasteiger partial charge in [-0.25, -0.2) is 4.79 Å². The lowest BCUT2D eigenvalue weighted by Crippen LogP contribution is -2.50. The first-order chi connectivity index (χ1) is 14.6. The smallest absolute Gasteiger partial charge is 0.319 e. The Balaban J connectivity index is 1.54. The van der Waals surface area contributed by atoms with Gasteiger partial charge in [0.05, 0.1) is 32.3 Å². The minimum atomic E-state index is -0.666. The molecule has 0 radical (unpaired) electrons. The summed E-state index contributed by atoms with van der Waals surface area (Å²) in [7, 11) is 1.55. The third kappa shape index (κ3) is 6.07. The van der Waals surface area contributed by atoms with Crippen molar-refractivity contribution in [3.63, 3.8) is 0 Å². The molecule has 0 aromatic heterocycles. The molecule has 0 fully saturated rings. The number of anilines is 2. The Kier molecular flexibility index (Phi) is 7.42. The molecule has 0 saturated heterocycles. The number of nitrogens with one attached hydrogen (secondary N) is 3. The van der Waals surface area contributed by atoms with Crippen LogP contribution in [0.1, 0.15) is 6.42 Å². The Morgan fingerprint density at radius 1 is 1.03 bits per heavy atom. The van der Waals surface area contributed by atoms with Crippen molar-refractivity contribution in [2.75, 3.05) is 24.4 Å². The van der Waals surface area contributed by atoms with Crippen LogP contribution in [0.2, 0.25) is 0 Å². The van der Waals surface area contributed by atoms with Crippen molar-refractivity contribution in [1.82, 2.24) is 5.32 Å². The number of para-hydroxylation sites is 1. The van der Waals surface area contributed by atoms with Gasteiger partial charge in [0.15, 0.2) is 0 Å². The lowest BCUT2D eigenvalue weighted by atomic mass is 10.0. The maximum absolute atomic E-state index is 12.3. The van der Waals surface area contributed by atoms with Crippen LogP contribution in [-0.4, -0.2) is 49.0 Å². The first-order valence-electron chi connectivity index (χ1n) is 9.58. The SMILES string of the molecule is COc1cccc(NC(=O)N[C@@H]2C=C[C@H](CC(=O)Nc3ccccc3)O[C@H]2CO)c1. The number of hydrogen-bond acceptors (Lipinski definition) is 5. The molecule has 8 nitrogen and oxygen atoms in total. The summed E-state index contributed by atoms with van der Waals surface area (Å²) in [6.07, 6.45) is 2.39. The van der Waals surface area contributed by atoms with Crippen molar-refractivity contribution < 1.29 is 24.2 Å². The highest BCUT2D eigenvalue weighted by Gasteiger charge is 2.29. The minimum absolute atomic E-state index is 0.102. The van der Waals surface area contributed by atoms with E-state index < -0.39 is 24.3 Å². The van der Waals surface area contributed by atoms with Crippen molar-refractivity contribution in [3.8, 4) is 5.75 Å². The van der Waals surface area contributed by atoms with Crippen LogP contribution < -0.4 is 20.7 Å². The topological polar surface area (TPSA) is 109 Å². The molecular formula is C22H25N3O5. The molecular weight excluding hydrogens is 386 g/mol. The van der Waals surface area contributed by atoms with Gasteiger partial charge in [-0.05, 0) is 24.3 Å². The zero-order valence-corrected chi connectivity index (χ0v) is 16.6. The number of benzene rings is 2. The molecule has 3 atom stereocenters. The van der Waals surface area contributed by atoms with Gasteiger partial charge in [0.25, 0.3) is 0 Å². The molecule has 30 heavy (non-hydrogen) atoms. The second-order valence-electron chi connectivity index (χ2n) is 6.75. The van der Waals surface area contributed by atoms with E-state index in [0.29, 0.717) is 17.1 Å². The third-order valence-electron chi connectivity index (χ3n) is 4.53. The van der Waals surface area contributed by atoms with Crippen LogP contribution in [0.5, 0.6) is 5.75 Å². The Morgan fingerprint density at radius 3 is 2.53 bits per heavy atom. The molecule has 1 aliphatic rings. The summed E-state index contributed by atoms with van der Waals surface area (Å²) in [6.45, 7) is -0.300. The molecule has 0 bridgehead atoms. The highest BCUT2D eigenvalue weighted by atomic mass is 16.5. The van der Waals surface area contributed by atoms with Gasteiger partial charge in [-0.1, -0.05) is 36.4 Å². The van der Waals surface area contributed by atoms with Gasteiger partial charge in [0.1, 0.15) is 11.9 Å². The zero-order valence-electron chi connectivity index (χ0n) is 16.6. The van der Waals surface area contributed by atoms with Gasteiger partial charge in [-0.2, -0.15) is 0 Å². The lowest BCUT2D eigenvalue weighted by molar-refractivity contribution is -0.120. The predicted molar refractivity (Wildman–Crippen MR) is 114 cm³/mol. The summed E-state index contributed by atoms with van der Waals surface area (Å²) in [5, 5.41) is 17.9. The highest BCUT2D eigenvalue weighted by molar-refractivity contribution is 5.91. The molecule has 4 N–H and O–H groups in total. The van der Waals surface area contributed by atoms with Crippen molar-refractivity contribution in [1.29, 1.82) is 0 Å². The molecule has 1 heterocycles. The Labute approximate surface area is 174 Å². The number of amides is 3. The second kappa shape index (κ2) is 10.4. The van der Waals surface area contributed by atoms with Crippen molar-refractivity contribution >= 4 is 23.3 Å². The number of ether oxygens (including phenoxy) is 2. The van der Waals surface area contributed by atoms with E-state index in [1.54, 1.807) is 55.7 Å². The van der Waals surface area contributed by atoms with Gasteiger partial charge < -0.3 is 30.5 Å². The van der Waals surface area contributed by atoms with Crippen LogP contribution >= 0.6 is 0 Å². The van der Waals surface area contributed by atoms with Crippen LogP contribution in [0.4, 0.5) is 16.2 Å². The largest absolute Gasteiger partial charge is 0.497 e. The van der Waals surface area contributed by atoms with E-state index >= 15 is 0 Å². The highest BCUT2D eigenvalue weighted by Crippen LogP contribution is 2.19. The van der Waals surface area contributed by atoms with E-state index in [9.17, 15) is 14.7 Å². The van der Waals surface area contributed by atoms with Gasteiger partial charge in [-0.15, -0.1) is 0 Å². The van der Waals surface area contributed by atoms with E-state index in [-0.39, 0.29) is 18.9 Å².